The maximum absolute atomic E-state index is 11.6. The number of hydrogen-bond donors (Lipinski definition) is 1. The molecule has 0 saturated carbocycles. The lowest BCUT2D eigenvalue weighted by atomic mass is 10.1. The minimum atomic E-state index is -0.512. The van der Waals surface area contributed by atoms with Crippen LogP contribution in [0.25, 0.3) is 0 Å². The van der Waals surface area contributed by atoms with Crippen LogP contribution in [0.2, 0.25) is 5.02 Å². The number of amides is 1. The van der Waals surface area contributed by atoms with E-state index in [9.17, 15) is 9.59 Å². The van der Waals surface area contributed by atoms with Gasteiger partial charge >= 0.3 is 5.97 Å². The van der Waals surface area contributed by atoms with E-state index in [0.717, 1.165) is 12.0 Å². The van der Waals surface area contributed by atoms with Crippen molar-refractivity contribution in [2.75, 3.05) is 6.54 Å². The van der Waals surface area contributed by atoms with Gasteiger partial charge in [-0.15, -0.1) is 0 Å². The number of rotatable bonds is 6. The zero-order chi connectivity index (χ0) is 15.9. The molecule has 1 amide bonds. The molecule has 1 rings (SSSR count). The van der Waals surface area contributed by atoms with E-state index < -0.39 is 5.60 Å². The molecule has 0 heterocycles. The molecule has 0 aromatic heterocycles. The van der Waals surface area contributed by atoms with Crippen molar-refractivity contribution in [1.29, 1.82) is 0 Å². The van der Waals surface area contributed by atoms with E-state index in [1.54, 1.807) is 20.8 Å². The molecule has 0 aliphatic rings. The van der Waals surface area contributed by atoms with Crippen molar-refractivity contribution in [3.8, 4) is 0 Å². The minimum Gasteiger partial charge on any atom is -0.460 e. The Labute approximate surface area is 130 Å². The molecule has 1 aromatic carbocycles. The maximum Gasteiger partial charge on any atom is 0.306 e. The van der Waals surface area contributed by atoms with Crippen molar-refractivity contribution in [3.63, 3.8) is 0 Å². The van der Waals surface area contributed by atoms with Crippen LogP contribution in [-0.4, -0.2) is 24.0 Å². The Kier molecular flexibility index (Phi) is 6.69. The molecule has 21 heavy (non-hydrogen) atoms. The molecule has 1 N–H and O–H groups in total. The molecule has 116 valence electrons. The molecule has 0 unspecified atom stereocenters. The van der Waals surface area contributed by atoms with Gasteiger partial charge in [0.2, 0.25) is 5.91 Å². The second-order valence-electron chi connectivity index (χ2n) is 5.81. The maximum atomic E-state index is 11.6. The van der Waals surface area contributed by atoms with Gasteiger partial charge in [-0.2, -0.15) is 0 Å². The molecular formula is C16H22ClNO3. The van der Waals surface area contributed by atoms with Crippen LogP contribution in [0.5, 0.6) is 0 Å². The van der Waals surface area contributed by atoms with Gasteiger partial charge in [0.25, 0.3) is 0 Å². The lowest BCUT2D eigenvalue weighted by Crippen LogP contribution is -2.28. The normalized spacial score (nSPS) is 11.0. The van der Waals surface area contributed by atoms with E-state index in [2.05, 4.69) is 5.32 Å². The number of carbonyl (C=O) groups excluding carboxylic acids is 2. The van der Waals surface area contributed by atoms with Gasteiger partial charge in [0, 0.05) is 18.0 Å². The molecule has 5 heteroatoms. The topological polar surface area (TPSA) is 55.4 Å². The Morgan fingerprint density at radius 2 is 1.76 bits per heavy atom. The van der Waals surface area contributed by atoms with Crippen molar-refractivity contribution in [2.24, 2.45) is 0 Å². The highest BCUT2D eigenvalue weighted by molar-refractivity contribution is 6.30. The first kappa shape index (κ1) is 17.5. The third-order valence-electron chi connectivity index (χ3n) is 2.63. The van der Waals surface area contributed by atoms with Crippen LogP contribution in [-0.2, 0) is 20.7 Å². The molecule has 0 radical (unpaired) electrons. The highest BCUT2D eigenvalue weighted by Gasteiger charge is 2.16. The Morgan fingerprint density at radius 1 is 1.14 bits per heavy atom. The van der Waals surface area contributed by atoms with E-state index in [-0.39, 0.29) is 24.7 Å². The van der Waals surface area contributed by atoms with Crippen LogP contribution < -0.4 is 5.32 Å². The summed E-state index contributed by atoms with van der Waals surface area (Å²) in [7, 11) is 0. The number of esters is 1. The highest BCUT2D eigenvalue weighted by Crippen LogP contribution is 2.10. The number of benzene rings is 1. The second-order valence-corrected chi connectivity index (χ2v) is 6.25. The van der Waals surface area contributed by atoms with E-state index >= 15 is 0 Å². The van der Waals surface area contributed by atoms with E-state index in [0.29, 0.717) is 11.6 Å². The molecule has 0 aliphatic carbocycles. The molecule has 0 saturated heterocycles. The average Bonchev–Trinajstić information content (AvgIpc) is 2.37. The summed E-state index contributed by atoms with van der Waals surface area (Å²) < 4.78 is 5.14. The van der Waals surface area contributed by atoms with E-state index in [1.807, 2.05) is 24.3 Å². The smallest absolute Gasteiger partial charge is 0.306 e. The molecular weight excluding hydrogens is 290 g/mol. The summed E-state index contributed by atoms with van der Waals surface area (Å²) in [5, 5.41) is 3.48. The number of ether oxygens (including phenoxy) is 1. The van der Waals surface area contributed by atoms with Crippen molar-refractivity contribution in [1.82, 2.24) is 5.32 Å². The lowest BCUT2D eigenvalue weighted by molar-refractivity contribution is -0.155. The number of hydrogen-bond acceptors (Lipinski definition) is 3. The predicted molar refractivity (Wildman–Crippen MR) is 83.2 cm³/mol. The standard InChI is InChI=1S/C16H22ClNO3/c1-16(2,3)21-15(20)9-8-14(19)18-11-10-12-4-6-13(17)7-5-12/h4-7H,8-11H2,1-3H3,(H,18,19). The predicted octanol–water partition coefficient (Wildman–Crippen LogP) is 3.12. The third kappa shape index (κ3) is 8.35. The number of nitrogens with one attached hydrogen (secondary N) is 1. The Bertz CT molecular complexity index is 477. The zero-order valence-electron chi connectivity index (χ0n) is 12.7. The van der Waals surface area contributed by atoms with Gasteiger partial charge in [-0.3, -0.25) is 9.59 Å². The van der Waals surface area contributed by atoms with Crippen LogP contribution in [0, 0.1) is 0 Å². The van der Waals surface area contributed by atoms with Crippen LogP contribution in [0.3, 0.4) is 0 Å². The van der Waals surface area contributed by atoms with Gasteiger partial charge in [-0.25, -0.2) is 0 Å². The fourth-order valence-corrected chi connectivity index (χ4v) is 1.82. The van der Waals surface area contributed by atoms with Crippen LogP contribution in [0.15, 0.2) is 24.3 Å². The molecule has 0 spiro atoms. The summed E-state index contributed by atoms with van der Waals surface area (Å²) in [6.45, 7) is 5.94. The summed E-state index contributed by atoms with van der Waals surface area (Å²) >= 11 is 5.80. The van der Waals surface area contributed by atoms with Gasteiger partial charge in [0.05, 0.1) is 6.42 Å². The van der Waals surface area contributed by atoms with Gasteiger partial charge in [-0.05, 0) is 44.9 Å². The van der Waals surface area contributed by atoms with Gasteiger partial charge in [0.1, 0.15) is 5.60 Å². The summed E-state index contributed by atoms with van der Waals surface area (Å²) in [6, 6.07) is 7.49. The second kappa shape index (κ2) is 8.03. The Hall–Kier alpha value is -1.55. The molecule has 0 bridgehead atoms. The average molecular weight is 312 g/mol. The Morgan fingerprint density at radius 3 is 2.33 bits per heavy atom. The van der Waals surface area contributed by atoms with Gasteiger partial charge in [-0.1, -0.05) is 23.7 Å². The van der Waals surface area contributed by atoms with Crippen molar-refractivity contribution in [3.05, 3.63) is 34.9 Å². The van der Waals surface area contributed by atoms with Gasteiger partial charge < -0.3 is 10.1 Å². The molecule has 1 aromatic rings. The van der Waals surface area contributed by atoms with Crippen LogP contribution in [0.4, 0.5) is 0 Å². The van der Waals surface area contributed by atoms with Crippen molar-refractivity contribution < 1.29 is 14.3 Å². The van der Waals surface area contributed by atoms with Crippen LogP contribution >= 0.6 is 11.6 Å². The minimum absolute atomic E-state index is 0.101. The summed E-state index contributed by atoms with van der Waals surface area (Å²) in [5.74, 6) is -0.495. The molecule has 0 aliphatic heterocycles. The van der Waals surface area contributed by atoms with Crippen LogP contribution in [0.1, 0.15) is 39.2 Å². The van der Waals surface area contributed by atoms with E-state index in [1.165, 1.54) is 0 Å². The fraction of sp³-hybridized carbons (Fsp3) is 0.500. The fourth-order valence-electron chi connectivity index (χ4n) is 1.69. The summed E-state index contributed by atoms with van der Waals surface area (Å²) in [6.07, 6.45) is 0.981. The number of carbonyl (C=O) groups is 2. The first-order valence-corrected chi connectivity index (χ1v) is 7.37. The zero-order valence-corrected chi connectivity index (χ0v) is 13.5. The number of halogens is 1. The van der Waals surface area contributed by atoms with Crippen molar-refractivity contribution in [2.45, 2.75) is 45.6 Å². The first-order chi connectivity index (χ1) is 9.76. The SMILES string of the molecule is CC(C)(C)OC(=O)CCC(=O)NCCc1ccc(Cl)cc1. The highest BCUT2D eigenvalue weighted by atomic mass is 35.5. The van der Waals surface area contributed by atoms with Crippen molar-refractivity contribution >= 4 is 23.5 Å². The first-order valence-electron chi connectivity index (χ1n) is 6.99. The summed E-state index contributed by atoms with van der Waals surface area (Å²) in [5.41, 5.74) is 0.592. The molecule has 0 fully saturated rings. The largest absolute Gasteiger partial charge is 0.460 e. The monoisotopic (exact) mass is 311 g/mol. The Balaban J connectivity index is 2.19. The van der Waals surface area contributed by atoms with E-state index in [4.69, 9.17) is 16.3 Å². The third-order valence-corrected chi connectivity index (χ3v) is 2.88. The van der Waals surface area contributed by atoms with Gasteiger partial charge in [0.15, 0.2) is 0 Å². The quantitative estimate of drug-likeness (QED) is 0.821. The lowest BCUT2D eigenvalue weighted by Gasteiger charge is -2.19. The summed E-state index contributed by atoms with van der Waals surface area (Å²) in [4.78, 5) is 23.1. The molecule has 0 atom stereocenters. The molecule has 4 nitrogen and oxygen atoms in total.